The molecule has 1 aliphatic rings. The van der Waals surface area contributed by atoms with Crippen molar-refractivity contribution in [3.8, 4) is 0 Å². The van der Waals surface area contributed by atoms with E-state index in [1.54, 1.807) is 6.08 Å². The van der Waals surface area contributed by atoms with Crippen molar-refractivity contribution in [3.63, 3.8) is 0 Å². The first-order chi connectivity index (χ1) is 7.34. The zero-order valence-electron chi connectivity index (χ0n) is 7.84. The summed E-state index contributed by atoms with van der Waals surface area (Å²) < 4.78 is 32.6. The Balaban J connectivity index is 2.87. The third-order valence-electron chi connectivity index (χ3n) is 2.26. The monoisotopic (exact) mass is 262 g/mol. The molecule has 8 heteroatoms. The number of carbonyl (C=O) groups excluding carboxylic acids is 1. The number of nitrogens with zero attached hydrogens (tertiary/aromatic N) is 1. The van der Waals surface area contributed by atoms with Crippen molar-refractivity contribution in [1.82, 2.24) is 4.57 Å². The second-order valence-corrected chi connectivity index (χ2v) is 4.97. The van der Waals surface area contributed by atoms with Crippen LogP contribution in [0.3, 0.4) is 0 Å². The molecule has 1 aromatic rings. The van der Waals surface area contributed by atoms with E-state index in [1.807, 2.05) is 0 Å². The van der Waals surface area contributed by atoms with Crippen LogP contribution >= 0.6 is 11.6 Å². The van der Waals surface area contributed by atoms with E-state index in [1.165, 1.54) is 10.6 Å². The van der Waals surface area contributed by atoms with Crippen molar-refractivity contribution in [1.29, 1.82) is 0 Å². The molecule has 0 fully saturated rings. The SMILES string of the molecule is NC(=O)c1c(Cl)c(S(=O)(=O)O)c2n1CC=C2. The molecule has 1 amide bonds. The number of allylic oxidation sites excluding steroid dienone is 1. The molecule has 1 aliphatic heterocycles. The Morgan fingerprint density at radius 3 is 2.69 bits per heavy atom. The highest BCUT2D eigenvalue weighted by molar-refractivity contribution is 7.86. The molecule has 0 unspecified atom stereocenters. The van der Waals surface area contributed by atoms with E-state index in [9.17, 15) is 13.2 Å². The van der Waals surface area contributed by atoms with Crippen LogP contribution in [0.1, 0.15) is 16.2 Å². The summed E-state index contributed by atoms with van der Waals surface area (Å²) in [6.07, 6.45) is 3.09. The van der Waals surface area contributed by atoms with E-state index >= 15 is 0 Å². The van der Waals surface area contributed by atoms with Crippen LogP contribution in [0.25, 0.3) is 6.08 Å². The molecule has 0 saturated carbocycles. The van der Waals surface area contributed by atoms with Crippen LogP contribution in [0.15, 0.2) is 11.0 Å². The molecule has 3 N–H and O–H groups in total. The summed E-state index contributed by atoms with van der Waals surface area (Å²) in [6.45, 7) is 0.294. The van der Waals surface area contributed by atoms with E-state index < -0.39 is 20.9 Å². The van der Waals surface area contributed by atoms with Gasteiger partial charge in [0.15, 0.2) is 0 Å². The number of rotatable bonds is 2. The fourth-order valence-corrected chi connectivity index (χ4v) is 3.04. The lowest BCUT2D eigenvalue weighted by Crippen LogP contribution is -2.16. The van der Waals surface area contributed by atoms with Crippen LogP contribution in [-0.4, -0.2) is 23.4 Å². The first-order valence-corrected chi connectivity index (χ1v) is 6.01. The zero-order chi connectivity index (χ0) is 12.1. The molecular formula is C8H7ClN2O4S. The lowest BCUT2D eigenvalue weighted by atomic mass is 10.3. The smallest absolute Gasteiger partial charge is 0.298 e. The second-order valence-electron chi connectivity index (χ2n) is 3.23. The van der Waals surface area contributed by atoms with Gasteiger partial charge in [0, 0.05) is 6.54 Å². The van der Waals surface area contributed by atoms with Crippen LogP contribution in [-0.2, 0) is 16.7 Å². The van der Waals surface area contributed by atoms with Crippen molar-refractivity contribution < 1.29 is 17.8 Å². The lowest BCUT2D eigenvalue weighted by Gasteiger charge is -2.01. The van der Waals surface area contributed by atoms with Gasteiger partial charge in [-0.25, -0.2) is 0 Å². The van der Waals surface area contributed by atoms with Gasteiger partial charge in [-0.1, -0.05) is 17.7 Å². The molecule has 86 valence electrons. The van der Waals surface area contributed by atoms with Crippen LogP contribution in [0.2, 0.25) is 5.02 Å². The molecule has 0 radical (unpaired) electrons. The highest BCUT2D eigenvalue weighted by atomic mass is 35.5. The molecule has 2 heterocycles. The molecule has 1 aromatic heterocycles. The fourth-order valence-electron chi connectivity index (χ4n) is 1.69. The molecule has 0 saturated heterocycles. The van der Waals surface area contributed by atoms with E-state index in [0.717, 1.165) is 0 Å². The number of halogens is 1. The number of amides is 1. The minimum atomic E-state index is -4.48. The second kappa shape index (κ2) is 3.34. The van der Waals surface area contributed by atoms with Crippen LogP contribution in [0.5, 0.6) is 0 Å². The summed E-state index contributed by atoms with van der Waals surface area (Å²) in [5.74, 6) is -0.843. The number of nitrogens with two attached hydrogens (primary N) is 1. The van der Waals surface area contributed by atoms with Gasteiger partial charge in [-0.05, 0) is 6.08 Å². The van der Waals surface area contributed by atoms with Crippen molar-refractivity contribution in [2.24, 2.45) is 5.73 Å². The van der Waals surface area contributed by atoms with E-state index in [0.29, 0.717) is 6.54 Å². The predicted molar refractivity (Wildman–Crippen MR) is 56.8 cm³/mol. The van der Waals surface area contributed by atoms with Gasteiger partial charge in [-0.3, -0.25) is 9.35 Å². The van der Waals surface area contributed by atoms with Gasteiger partial charge in [-0.15, -0.1) is 0 Å². The average Bonchev–Trinajstić information content (AvgIpc) is 2.58. The predicted octanol–water partition coefficient (Wildman–Crippen LogP) is 0.514. The Hall–Kier alpha value is -1.31. The van der Waals surface area contributed by atoms with Crippen molar-refractivity contribution in [3.05, 3.63) is 22.5 Å². The normalized spacial score (nSPS) is 14.1. The number of aromatic nitrogens is 1. The fraction of sp³-hybridized carbons (Fsp3) is 0.125. The Morgan fingerprint density at radius 2 is 2.19 bits per heavy atom. The zero-order valence-corrected chi connectivity index (χ0v) is 9.42. The first kappa shape index (κ1) is 11.2. The minimum absolute atomic E-state index is 0.116. The maximum absolute atomic E-state index is 11.1. The van der Waals surface area contributed by atoms with Gasteiger partial charge in [0.1, 0.15) is 10.6 Å². The van der Waals surface area contributed by atoms with Gasteiger partial charge in [0.25, 0.3) is 16.0 Å². The molecule has 2 rings (SSSR count). The van der Waals surface area contributed by atoms with Gasteiger partial charge in [-0.2, -0.15) is 8.42 Å². The molecule has 0 bridgehead atoms. The summed E-state index contributed by atoms with van der Waals surface area (Å²) >= 11 is 5.73. The summed E-state index contributed by atoms with van der Waals surface area (Å²) in [7, 11) is -4.48. The molecule has 16 heavy (non-hydrogen) atoms. The summed E-state index contributed by atoms with van der Waals surface area (Å²) in [5, 5.41) is -0.339. The quantitative estimate of drug-likeness (QED) is 0.758. The van der Waals surface area contributed by atoms with Gasteiger partial charge >= 0.3 is 0 Å². The van der Waals surface area contributed by atoms with Gasteiger partial charge in [0.2, 0.25) is 0 Å². The standard InChI is InChI=1S/C8H7ClN2O4S/c9-5-6(8(10)12)11-3-1-2-4(11)7(5)16(13,14)15/h1-2H,3H2,(H2,10,12)(H,13,14,15). The molecule has 0 aromatic carbocycles. The number of carbonyl (C=O) groups is 1. The third-order valence-corrected chi connectivity index (χ3v) is 3.66. The Labute approximate surface area is 96.0 Å². The third kappa shape index (κ3) is 1.44. The molecule has 0 spiro atoms. The average molecular weight is 263 g/mol. The highest BCUT2D eigenvalue weighted by Gasteiger charge is 2.31. The largest absolute Gasteiger partial charge is 0.364 e. The number of hydrogen-bond donors (Lipinski definition) is 2. The summed E-state index contributed by atoms with van der Waals surface area (Å²) in [5.41, 5.74) is 5.15. The first-order valence-electron chi connectivity index (χ1n) is 4.20. The van der Waals surface area contributed by atoms with Gasteiger partial charge in [0.05, 0.1) is 10.7 Å². The minimum Gasteiger partial charge on any atom is -0.364 e. The van der Waals surface area contributed by atoms with Gasteiger partial charge < -0.3 is 10.3 Å². The Morgan fingerprint density at radius 1 is 1.56 bits per heavy atom. The Bertz CT molecular complexity index is 614. The van der Waals surface area contributed by atoms with Crippen molar-refractivity contribution in [2.45, 2.75) is 11.4 Å². The highest BCUT2D eigenvalue weighted by Crippen LogP contribution is 2.34. The van der Waals surface area contributed by atoms with Crippen LogP contribution in [0.4, 0.5) is 0 Å². The van der Waals surface area contributed by atoms with Crippen LogP contribution < -0.4 is 5.73 Å². The topological polar surface area (TPSA) is 102 Å². The number of primary amides is 1. The molecule has 6 nitrogen and oxygen atoms in total. The lowest BCUT2D eigenvalue weighted by molar-refractivity contribution is 0.0992. The molecular weight excluding hydrogens is 256 g/mol. The van der Waals surface area contributed by atoms with E-state index in [-0.39, 0.29) is 16.4 Å². The van der Waals surface area contributed by atoms with Crippen LogP contribution in [0, 0.1) is 0 Å². The molecule has 0 atom stereocenters. The molecule has 0 aliphatic carbocycles. The van der Waals surface area contributed by atoms with Crippen molar-refractivity contribution in [2.75, 3.05) is 0 Å². The Kier molecular flexibility index (Phi) is 2.33. The van der Waals surface area contributed by atoms with Crippen molar-refractivity contribution >= 4 is 33.7 Å². The summed E-state index contributed by atoms with van der Waals surface area (Å²) in [4.78, 5) is 10.7. The number of fused-ring (bicyclic) bond motifs is 1. The number of hydrogen-bond acceptors (Lipinski definition) is 3. The maximum Gasteiger partial charge on any atom is 0.298 e. The van der Waals surface area contributed by atoms with E-state index in [4.69, 9.17) is 21.9 Å². The van der Waals surface area contributed by atoms with E-state index in [2.05, 4.69) is 0 Å². The summed E-state index contributed by atoms with van der Waals surface area (Å²) in [6, 6.07) is 0. The maximum atomic E-state index is 11.1.